The molecule has 0 saturated heterocycles. The summed E-state index contributed by atoms with van der Waals surface area (Å²) < 4.78 is 0. The highest BCUT2D eigenvalue weighted by Crippen LogP contribution is 2.20. The maximum atomic E-state index is 11.7. The Bertz CT molecular complexity index is 717. The highest BCUT2D eigenvalue weighted by Gasteiger charge is 2.11. The summed E-state index contributed by atoms with van der Waals surface area (Å²) >= 11 is 0. The second-order valence-corrected chi connectivity index (χ2v) is 4.79. The van der Waals surface area contributed by atoms with Crippen LogP contribution in [0.4, 0.5) is 21.0 Å². The molecule has 7 nitrogen and oxygen atoms in total. The molecule has 0 unspecified atom stereocenters. The highest BCUT2D eigenvalue weighted by atomic mass is 17.2. The molecule has 0 saturated carbocycles. The third kappa shape index (κ3) is 4.63. The lowest BCUT2D eigenvalue weighted by Crippen LogP contribution is -2.23. The third-order valence-corrected chi connectivity index (χ3v) is 2.97. The van der Waals surface area contributed by atoms with Gasteiger partial charge in [0.15, 0.2) is 5.75 Å². The number of hydrogen-bond acceptors (Lipinski definition) is 4. The van der Waals surface area contributed by atoms with Crippen LogP contribution in [0.2, 0.25) is 0 Å². The van der Waals surface area contributed by atoms with Crippen molar-refractivity contribution in [1.29, 1.82) is 0 Å². The van der Waals surface area contributed by atoms with Gasteiger partial charge in [0, 0.05) is 18.8 Å². The minimum absolute atomic E-state index is 0.204. The number of nitrogens with zero attached hydrogens (tertiary/aromatic N) is 1. The van der Waals surface area contributed by atoms with Crippen molar-refractivity contribution in [2.24, 2.45) is 0 Å². The van der Waals surface area contributed by atoms with Gasteiger partial charge in [0.25, 0.3) is 0 Å². The first-order valence-electron chi connectivity index (χ1n) is 6.74. The molecule has 0 aliphatic carbocycles. The van der Waals surface area contributed by atoms with Gasteiger partial charge in [-0.2, -0.15) is 0 Å². The molecular weight excluding hydrogens is 300 g/mol. The second kappa shape index (κ2) is 7.17. The van der Waals surface area contributed by atoms with E-state index >= 15 is 0 Å². The van der Waals surface area contributed by atoms with Crippen molar-refractivity contribution in [3.8, 4) is 5.75 Å². The van der Waals surface area contributed by atoms with Gasteiger partial charge in [0.05, 0.1) is 5.69 Å². The Morgan fingerprint density at radius 2 is 1.87 bits per heavy atom. The fourth-order valence-electron chi connectivity index (χ4n) is 1.80. The zero-order valence-corrected chi connectivity index (χ0v) is 12.6. The monoisotopic (exact) mass is 316 g/mol. The molecule has 2 amide bonds. The van der Waals surface area contributed by atoms with Crippen LogP contribution < -0.4 is 15.1 Å². The van der Waals surface area contributed by atoms with Crippen LogP contribution in [-0.4, -0.2) is 24.3 Å². The van der Waals surface area contributed by atoms with Gasteiger partial charge in [-0.25, -0.2) is 14.5 Å². The summed E-state index contributed by atoms with van der Waals surface area (Å²) in [7, 11) is 1.40. The number of amides is 2. The minimum atomic E-state index is -1.11. The Balaban J connectivity index is 1.94. The van der Waals surface area contributed by atoms with E-state index in [4.69, 9.17) is 9.99 Å². The molecular formula is C16H16N2O5. The van der Waals surface area contributed by atoms with Crippen molar-refractivity contribution in [2.75, 3.05) is 17.3 Å². The van der Waals surface area contributed by atoms with E-state index in [1.807, 2.05) is 13.0 Å². The first-order valence-corrected chi connectivity index (χ1v) is 6.74. The van der Waals surface area contributed by atoms with Crippen LogP contribution in [0.3, 0.4) is 0 Å². The van der Waals surface area contributed by atoms with Crippen LogP contribution in [0, 0.1) is 6.92 Å². The lowest BCUT2D eigenvalue weighted by Gasteiger charge is -2.13. The van der Waals surface area contributed by atoms with Crippen molar-refractivity contribution >= 4 is 23.6 Å². The molecule has 0 aliphatic rings. The maximum Gasteiger partial charge on any atom is 0.454 e. The van der Waals surface area contributed by atoms with Gasteiger partial charge in [-0.1, -0.05) is 18.2 Å². The number of carbonyl (C=O) groups is 2. The number of anilines is 2. The van der Waals surface area contributed by atoms with Crippen molar-refractivity contribution in [3.05, 3.63) is 54.1 Å². The van der Waals surface area contributed by atoms with Gasteiger partial charge in [-0.15, -0.1) is 0 Å². The van der Waals surface area contributed by atoms with Crippen molar-refractivity contribution in [2.45, 2.75) is 6.92 Å². The van der Waals surface area contributed by atoms with E-state index in [2.05, 4.69) is 10.2 Å². The van der Waals surface area contributed by atoms with Crippen LogP contribution in [0.5, 0.6) is 5.75 Å². The summed E-state index contributed by atoms with van der Waals surface area (Å²) in [6.07, 6.45) is -1.90. The molecule has 0 fully saturated rings. The molecule has 0 atom stereocenters. The number of aryl methyl sites for hydroxylation is 1. The van der Waals surface area contributed by atoms with E-state index in [9.17, 15) is 9.59 Å². The maximum absolute atomic E-state index is 11.7. The number of benzene rings is 2. The van der Waals surface area contributed by atoms with Crippen molar-refractivity contribution in [3.63, 3.8) is 0 Å². The molecule has 120 valence electrons. The SMILES string of the molecule is Cc1cccc(NC(=O)OOc2cccc(N(C)C(=O)O)c2)c1. The van der Waals surface area contributed by atoms with Crippen LogP contribution >= 0.6 is 0 Å². The summed E-state index contributed by atoms with van der Waals surface area (Å²) in [6, 6.07) is 13.4. The second-order valence-electron chi connectivity index (χ2n) is 4.79. The normalized spacial score (nSPS) is 9.83. The van der Waals surface area contributed by atoms with E-state index in [-0.39, 0.29) is 5.75 Å². The Kier molecular flexibility index (Phi) is 5.03. The van der Waals surface area contributed by atoms with Crippen LogP contribution in [0.1, 0.15) is 5.56 Å². The fraction of sp³-hybridized carbons (Fsp3) is 0.125. The summed E-state index contributed by atoms with van der Waals surface area (Å²) in [6.45, 7) is 1.90. The van der Waals surface area contributed by atoms with E-state index in [1.54, 1.807) is 36.4 Å². The molecule has 2 aromatic carbocycles. The number of carbonyl (C=O) groups excluding carboxylic acids is 1. The Hall–Kier alpha value is -3.22. The quantitative estimate of drug-likeness (QED) is 0.664. The summed E-state index contributed by atoms with van der Waals surface area (Å²) in [5.74, 6) is 0.204. The predicted molar refractivity (Wildman–Crippen MR) is 84.8 cm³/mol. The van der Waals surface area contributed by atoms with E-state index in [0.717, 1.165) is 10.5 Å². The summed E-state index contributed by atoms with van der Waals surface area (Å²) in [5, 5.41) is 11.4. The lowest BCUT2D eigenvalue weighted by molar-refractivity contribution is -0.136. The van der Waals surface area contributed by atoms with Gasteiger partial charge < -0.3 is 5.11 Å². The van der Waals surface area contributed by atoms with Crippen LogP contribution in [0.15, 0.2) is 48.5 Å². The van der Waals surface area contributed by atoms with Crippen molar-refractivity contribution in [1.82, 2.24) is 0 Å². The first kappa shape index (κ1) is 16.2. The molecule has 2 N–H and O–H groups in total. The number of carboxylic acid groups (broad SMARTS) is 1. The largest absolute Gasteiger partial charge is 0.465 e. The topological polar surface area (TPSA) is 88.1 Å². The molecule has 23 heavy (non-hydrogen) atoms. The van der Waals surface area contributed by atoms with E-state index < -0.39 is 12.2 Å². The Morgan fingerprint density at radius 1 is 1.13 bits per heavy atom. The van der Waals surface area contributed by atoms with Gasteiger partial charge in [0.1, 0.15) is 0 Å². The molecule has 0 spiro atoms. The van der Waals surface area contributed by atoms with Gasteiger partial charge in [-0.05, 0) is 36.8 Å². The fourth-order valence-corrected chi connectivity index (χ4v) is 1.80. The Morgan fingerprint density at radius 3 is 2.57 bits per heavy atom. The minimum Gasteiger partial charge on any atom is -0.465 e. The standard InChI is InChI=1S/C16H16N2O5/c1-11-5-3-6-12(9-11)17-15(19)23-22-14-8-4-7-13(10-14)18(2)16(20)21/h3-10H,1-2H3,(H,17,19)(H,20,21). The smallest absolute Gasteiger partial charge is 0.454 e. The molecule has 2 rings (SSSR count). The molecule has 0 heterocycles. The number of rotatable bonds is 4. The molecule has 0 radical (unpaired) electrons. The zero-order valence-electron chi connectivity index (χ0n) is 12.6. The number of nitrogens with one attached hydrogen (secondary N) is 1. The van der Waals surface area contributed by atoms with Crippen LogP contribution in [-0.2, 0) is 4.89 Å². The average molecular weight is 316 g/mol. The lowest BCUT2D eigenvalue weighted by atomic mass is 10.2. The molecule has 7 heteroatoms. The predicted octanol–water partition coefficient (Wildman–Crippen LogP) is 3.65. The van der Waals surface area contributed by atoms with Gasteiger partial charge in [0.2, 0.25) is 0 Å². The summed E-state index contributed by atoms with van der Waals surface area (Å²) in [5.41, 5.74) is 1.96. The van der Waals surface area contributed by atoms with E-state index in [0.29, 0.717) is 11.4 Å². The van der Waals surface area contributed by atoms with Gasteiger partial charge in [-0.3, -0.25) is 15.1 Å². The van der Waals surface area contributed by atoms with E-state index in [1.165, 1.54) is 13.1 Å². The highest BCUT2D eigenvalue weighted by molar-refractivity contribution is 5.86. The molecule has 0 aliphatic heterocycles. The average Bonchev–Trinajstić information content (AvgIpc) is 2.52. The third-order valence-electron chi connectivity index (χ3n) is 2.97. The molecule has 2 aromatic rings. The summed E-state index contributed by atoms with van der Waals surface area (Å²) in [4.78, 5) is 33.1. The van der Waals surface area contributed by atoms with Crippen molar-refractivity contribution < 1.29 is 24.5 Å². The van der Waals surface area contributed by atoms with Gasteiger partial charge >= 0.3 is 12.2 Å². The zero-order chi connectivity index (χ0) is 16.8. The Labute approximate surface area is 133 Å². The molecule has 0 bridgehead atoms. The first-order chi connectivity index (χ1) is 11.0. The van der Waals surface area contributed by atoms with Crippen LogP contribution in [0.25, 0.3) is 0 Å². The number of hydrogen-bond donors (Lipinski definition) is 2. The molecule has 0 aromatic heterocycles.